The molecular formula is C13H19BrN4O2. The molecule has 0 aliphatic heterocycles. The summed E-state index contributed by atoms with van der Waals surface area (Å²) in [6.07, 6.45) is 0. The lowest BCUT2D eigenvalue weighted by Gasteiger charge is -2.12. The minimum absolute atomic E-state index is 0.185. The molecule has 110 valence electrons. The molecule has 0 fully saturated rings. The summed E-state index contributed by atoms with van der Waals surface area (Å²) in [5.74, 6) is 0. The number of amides is 4. The number of urea groups is 2. The lowest BCUT2D eigenvalue weighted by molar-refractivity contribution is 0.217. The molecule has 3 N–H and O–H groups in total. The first-order chi connectivity index (χ1) is 9.40. The fourth-order valence-corrected chi connectivity index (χ4v) is 1.73. The van der Waals surface area contributed by atoms with Crippen molar-refractivity contribution in [3.8, 4) is 0 Å². The van der Waals surface area contributed by atoms with Crippen LogP contribution in [0.1, 0.15) is 5.56 Å². The van der Waals surface area contributed by atoms with E-state index in [1.165, 1.54) is 4.90 Å². The van der Waals surface area contributed by atoms with Gasteiger partial charge in [0.05, 0.1) is 0 Å². The van der Waals surface area contributed by atoms with Crippen LogP contribution in [0.5, 0.6) is 0 Å². The van der Waals surface area contributed by atoms with Crippen LogP contribution in [-0.4, -0.2) is 44.1 Å². The fraction of sp³-hybridized carbons (Fsp3) is 0.385. The highest BCUT2D eigenvalue weighted by molar-refractivity contribution is 9.10. The molecule has 4 amide bonds. The summed E-state index contributed by atoms with van der Waals surface area (Å²) in [6.45, 7) is 2.71. The first kappa shape index (κ1) is 16.3. The van der Waals surface area contributed by atoms with Gasteiger partial charge in [-0.3, -0.25) is 0 Å². The van der Waals surface area contributed by atoms with Crippen LogP contribution in [-0.2, 0) is 0 Å². The van der Waals surface area contributed by atoms with Crippen molar-refractivity contribution in [1.82, 2.24) is 15.5 Å². The summed E-state index contributed by atoms with van der Waals surface area (Å²) in [4.78, 5) is 24.3. The molecule has 6 nitrogen and oxygen atoms in total. The minimum Gasteiger partial charge on any atom is -0.336 e. The lowest BCUT2D eigenvalue weighted by Crippen LogP contribution is -2.40. The first-order valence-corrected chi connectivity index (χ1v) is 6.95. The number of hydrogen-bond acceptors (Lipinski definition) is 2. The van der Waals surface area contributed by atoms with E-state index in [0.29, 0.717) is 18.8 Å². The Morgan fingerprint density at radius 1 is 1.20 bits per heavy atom. The van der Waals surface area contributed by atoms with Gasteiger partial charge in [0.1, 0.15) is 0 Å². The Bertz CT molecular complexity index is 491. The van der Waals surface area contributed by atoms with Crippen molar-refractivity contribution in [1.29, 1.82) is 0 Å². The van der Waals surface area contributed by atoms with Gasteiger partial charge in [-0.25, -0.2) is 9.59 Å². The summed E-state index contributed by atoms with van der Waals surface area (Å²) in [5, 5.41) is 8.03. The maximum atomic E-state index is 11.6. The highest BCUT2D eigenvalue weighted by Crippen LogP contribution is 2.20. The van der Waals surface area contributed by atoms with Crippen molar-refractivity contribution in [3.63, 3.8) is 0 Å². The fourth-order valence-electron chi connectivity index (χ4n) is 1.35. The summed E-state index contributed by atoms with van der Waals surface area (Å²) in [7, 11) is 3.31. The van der Waals surface area contributed by atoms with Crippen molar-refractivity contribution in [2.75, 3.05) is 32.5 Å². The largest absolute Gasteiger partial charge is 0.336 e. The molecule has 0 atom stereocenters. The smallest absolute Gasteiger partial charge is 0.319 e. The van der Waals surface area contributed by atoms with Crippen LogP contribution < -0.4 is 16.0 Å². The molecule has 0 bridgehead atoms. The van der Waals surface area contributed by atoms with Crippen LogP contribution in [0, 0.1) is 6.92 Å². The topological polar surface area (TPSA) is 73.5 Å². The Morgan fingerprint density at radius 3 is 2.45 bits per heavy atom. The lowest BCUT2D eigenvalue weighted by atomic mass is 10.2. The third-order valence-corrected chi connectivity index (χ3v) is 3.38. The van der Waals surface area contributed by atoms with Gasteiger partial charge >= 0.3 is 12.1 Å². The van der Waals surface area contributed by atoms with Gasteiger partial charge in [-0.2, -0.15) is 0 Å². The average Bonchev–Trinajstić information content (AvgIpc) is 2.38. The van der Waals surface area contributed by atoms with Gasteiger partial charge in [0.2, 0.25) is 0 Å². The van der Waals surface area contributed by atoms with Crippen molar-refractivity contribution in [2.24, 2.45) is 0 Å². The molecule has 0 saturated carbocycles. The SMILES string of the molecule is Cc1ccc(NC(=O)NCCNC(=O)N(C)C)cc1Br. The molecule has 1 aromatic rings. The minimum atomic E-state index is -0.306. The molecule has 1 rings (SSSR count). The Hall–Kier alpha value is -1.76. The second kappa shape index (κ2) is 7.74. The molecule has 7 heteroatoms. The molecule has 0 aliphatic carbocycles. The van der Waals surface area contributed by atoms with Gasteiger partial charge in [0.25, 0.3) is 0 Å². The van der Waals surface area contributed by atoms with Crippen molar-refractivity contribution >= 4 is 33.7 Å². The van der Waals surface area contributed by atoms with E-state index in [1.54, 1.807) is 14.1 Å². The number of nitrogens with one attached hydrogen (secondary N) is 3. The van der Waals surface area contributed by atoms with Crippen molar-refractivity contribution < 1.29 is 9.59 Å². The second-order valence-corrected chi connectivity index (χ2v) is 5.33. The van der Waals surface area contributed by atoms with E-state index in [2.05, 4.69) is 31.9 Å². The van der Waals surface area contributed by atoms with E-state index in [1.807, 2.05) is 25.1 Å². The van der Waals surface area contributed by atoms with Crippen LogP contribution >= 0.6 is 15.9 Å². The molecule has 0 aliphatic rings. The number of anilines is 1. The zero-order valence-corrected chi connectivity index (χ0v) is 13.4. The molecule has 20 heavy (non-hydrogen) atoms. The van der Waals surface area contributed by atoms with Crippen LogP contribution in [0.15, 0.2) is 22.7 Å². The van der Waals surface area contributed by atoms with E-state index < -0.39 is 0 Å². The summed E-state index contributed by atoms with van der Waals surface area (Å²) >= 11 is 3.41. The first-order valence-electron chi connectivity index (χ1n) is 6.16. The molecule has 0 radical (unpaired) electrons. The maximum absolute atomic E-state index is 11.6. The van der Waals surface area contributed by atoms with Crippen LogP contribution in [0.4, 0.5) is 15.3 Å². The number of rotatable bonds is 4. The summed E-state index contributed by atoms with van der Waals surface area (Å²) in [5.41, 5.74) is 1.81. The van der Waals surface area contributed by atoms with E-state index in [9.17, 15) is 9.59 Å². The summed E-state index contributed by atoms with van der Waals surface area (Å²) < 4.78 is 0.938. The third-order valence-electron chi connectivity index (χ3n) is 2.52. The van der Waals surface area contributed by atoms with Gasteiger partial charge in [-0.15, -0.1) is 0 Å². The van der Waals surface area contributed by atoms with Crippen molar-refractivity contribution in [2.45, 2.75) is 6.92 Å². The molecule has 0 aromatic heterocycles. The molecule has 1 aromatic carbocycles. The van der Waals surface area contributed by atoms with Gasteiger partial charge in [-0.1, -0.05) is 22.0 Å². The van der Waals surface area contributed by atoms with Crippen LogP contribution in [0.3, 0.4) is 0 Å². The molecule has 0 heterocycles. The van der Waals surface area contributed by atoms with E-state index in [0.717, 1.165) is 10.0 Å². The molecule has 0 spiro atoms. The number of hydrogen-bond donors (Lipinski definition) is 3. The second-order valence-electron chi connectivity index (χ2n) is 4.47. The normalized spacial score (nSPS) is 9.80. The van der Waals surface area contributed by atoms with E-state index in [4.69, 9.17) is 0 Å². The molecule has 0 saturated heterocycles. The van der Waals surface area contributed by atoms with Crippen molar-refractivity contribution in [3.05, 3.63) is 28.2 Å². The predicted octanol–water partition coefficient (Wildman–Crippen LogP) is 2.15. The Balaban J connectivity index is 2.30. The number of nitrogens with zero attached hydrogens (tertiary/aromatic N) is 1. The number of carbonyl (C=O) groups is 2. The van der Waals surface area contributed by atoms with Crippen LogP contribution in [0.25, 0.3) is 0 Å². The average molecular weight is 343 g/mol. The Morgan fingerprint density at radius 2 is 1.85 bits per heavy atom. The molecule has 0 unspecified atom stereocenters. The predicted molar refractivity (Wildman–Crippen MR) is 83.0 cm³/mol. The van der Waals surface area contributed by atoms with Gasteiger partial charge in [-0.05, 0) is 24.6 Å². The van der Waals surface area contributed by atoms with E-state index >= 15 is 0 Å². The monoisotopic (exact) mass is 342 g/mol. The Kier molecular flexibility index (Phi) is 6.30. The van der Waals surface area contributed by atoms with Gasteiger partial charge in [0, 0.05) is 37.3 Å². The third kappa shape index (κ3) is 5.48. The number of benzene rings is 1. The highest BCUT2D eigenvalue weighted by Gasteiger charge is 2.04. The van der Waals surface area contributed by atoms with E-state index in [-0.39, 0.29) is 12.1 Å². The number of carbonyl (C=O) groups excluding carboxylic acids is 2. The number of halogens is 1. The Labute approximate surface area is 127 Å². The molecular weight excluding hydrogens is 324 g/mol. The van der Waals surface area contributed by atoms with Crippen LogP contribution in [0.2, 0.25) is 0 Å². The quantitative estimate of drug-likeness (QED) is 0.733. The number of aryl methyl sites for hydroxylation is 1. The maximum Gasteiger partial charge on any atom is 0.319 e. The van der Waals surface area contributed by atoms with Gasteiger partial charge in [0.15, 0.2) is 0 Å². The summed E-state index contributed by atoms with van der Waals surface area (Å²) in [6, 6.07) is 5.09. The highest BCUT2D eigenvalue weighted by atomic mass is 79.9. The standard InChI is InChI=1S/C13H19BrN4O2/c1-9-4-5-10(8-11(9)14)17-12(19)15-6-7-16-13(20)18(2)3/h4-5,8H,6-7H2,1-3H3,(H,16,20)(H2,15,17,19). The zero-order chi connectivity index (χ0) is 15.1. The zero-order valence-electron chi connectivity index (χ0n) is 11.8. The van der Waals surface area contributed by atoms with Gasteiger partial charge < -0.3 is 20.9 Å².